The van der Waals surface area contributed by atoms with Crippen LogP contribution >= 0.6 is 11.8 Å². The summed E-state index contributed by atoms with van der Waals surface area (Å²) >= 11 is 1.69. The first kappa shape index (κ1) is 8.32. The van der Waals surface area contributed by atoms with Crippen molar-refractivity contribution in [1.29, 1.82) is 0 Å². The second kappa shape index (κ2) is 4.10. The van der Waals surface area contributed by atoms with E-state index in [9.17, 15) is 0 Å². The maximum Gasteiger partial charge on any atom is 0.0408 e. The normalized spacial score (nSPS) is 9.85. The van der Waals surface area contributed by atoms with Gasteiger partial charge in [-0.05, 0) is 18.2 Å². The molecule has 0 atom stereocenters. The summed E-state index contributed by atoms with van der Waals surface area (Å²) in [6, 6.07) is 15.1. The van der Waals surface area contributed by atoms with Crippen molar-refractivity contribution in [2.75, 3.05) is 0 Å². The van der Waals surface area contributed by atoms with Crippen molar-refractivity contribution in [1.82, 2.24) is 4.98 Å². The molecule has 63 valence electrons. The first-order valence-corrected chi connectivity index (χ1v) is 4.81. The zero-order chi connectivity index (χ0) is 8.93. The summed E-state index contributed by atoms with van der Waals surface area (Å²) < 4.78 is 0. The van der Waals surface area contributed by atoms with E-state index in [-0.39, 0.29) is 0 Å². The third kappa shape index (κ3) is 2.33. The topological polar surface area (TPSA) is 12.9 Å². The molecule has 1 radical (unpaired) electrons. The van der Waals surface area contributed by atoms with Crippen molar-refractivity contribution in [3.63, 3.8) is 0 Å². The Kier molecular flexibility index (Phi) is 2.62. The molecule has 0 aliphatic carbocycles. The molecule has 0 bridgehead atoms. The molecule has 0 fully saturated rings. The summed E-state index contributed by atoms with van der Waals surface area (Å²) in [7, 11) is 0. The summed E-state index contributed by atoms with van der Waals surface area (Å²) in [4.78, 5) is 6.35. The smallest absolute Gasteiger partial charge is 0.0408 e. The molecular weight excluding hydrogens is 178 g/mol. The SMILES string of the molecule is [c]1cncc(Sc2ccccc2)c1. The molecule has 0 spiro atoms. The largest absolute Gasteiger partial charge is 0.263 e. The Balaban J connectivity index is 2.16. The number of hydrogen-bond donors (Lipinski definition) is 0. The van der Waals surface area contributed by atoms with Gasteiger partial charge in [0.05, 0.1) is 0 Å². The first-order chi connectivity index (χ1) is 6.45. The molecule has 2 rings (SSSR count). The van der Waals surface area contributed by atoms with Gasteiger partial charge in [0.15, 0.2) is 0 Å². The highest BCUT2D eigenvalue weighted by Gasteiger charge is 1.94. The van der Waals surface area contributed by atoms with Crippen LogP contribution in [-0.2, 0) is 0 Å². The Labute approximate surface area is 81.8 Å². The van der Waals surface area contributed by atoms with E-state index in [0.29, 0.717) is 0 Å². The van der Waals surface area contributed by atoms with Crippen LogP contribution in [-0.4, -0.2) is 4.98 Å². The van der Waals surface area contributed by atoms with Crippen molar-refractivity contribution >= 4 is 11.8 Å². The summed E-state index contributed by atoms with van der Waals surface area (Å²) in [6.45, 7) is 0. The Morgan fingerprint density at radius 3 is 2.62 bits per heavy atom. The Hall–Kier alpha value is -1.28. The lowest BCUT2D eigenvalue weighted by Gasteiger charge is -1.98. The van der Waals surface area contributed by atoms with Crippen LogP contribution in [0.2, 0.25) is 0 Å². The molecule has 0 aliphatic rings. The highest BCUT2D eigenvalue weighted by molar-refractivity contribution is 7.99. The zero-order valence-corrected chi connectivity index (χ0v) is 7.79. The fourth-order valence-corrected chi connectivity index (χ4v) is 1.80. The molecule has 0 aliphatic heterocycles. The van der Waals surface area contributed by atoms with Crippen LogP contribution in [0.5, 0.6) is 0 Å². The van der Waals surface area contributed by atoms with Crippen molar-refractivity contribution in [2.24, 2.45) is 0 Å². The van der Waals surface area contributed by atoms with E-state index < -0.39 is 0 Å². The third-order valence-electron chi connectivity index (χ3n) is 1.56. The van der Waals surface area contributed by atoms with E-state index >= 15 is 0 Å². The number of nitrogens with zero attached hydrogens (tertiary/aromatic N) is 1. The molecule has 0 N–H and O–H groups in total. The molecule has 1 heterocycles. The Morgan fingerprint density at radius 1 is 1.08 bits per heavy atom. The molecule has 0 unspecified atom stereocenters. The van der Waals surface area contributed by atoms with E-state index in [1.807, 2.05) is 30.5 Å². The predicted octanol–water partition coefficient (Wildman–Crippen LogP) is 3.03. The monoisotopic (exact) mass is 186 g/mol. The number of hydrogen-bond acceptors (Lipinski definition) is 2. The zero-order valence-electron chi connectivity index (χ0n) is 6.97. The second-order valence-electron chi connectivity index (χ2n) is 2.54. The Morgan fingerprint density at radius 2 is 1.92 bits per heavy atom. The summed E-state index contributed by atoms with van der Waals surface area (Å²) in [6.07, 6.45) is 3.50. The second-order valence-corrected chi connectivity index (χ2v) is 3.68. The average molecular weight is 186 g/mol. The molecule has 0 saturated carbocycles. The Bertz CT molecular complexity index is 321. The van der Waals surface area contributed by atoms with E-state index in [1.54, 1.807) is 18.0 Å². The summed E-state index contributed by atoms with van der Waals surface area (Å²) in [5.74, 6) is 0. The van der Waals surface area contributed by atoms with Crippen LogP contribution in [0.25, 0.3) is 0 Å². The third-order valence-corrected chi connectivity index (χ3v) is 2.52. The van der Waals surface area contributed by atoms with Crippen molar-refractivity contribution < 1.29 is 0 Å². The number of benzene rings is 1. The van der Waals surface area contributed by atoms with Gasteiger partial charge in [0, 0.05) is 28.3 Å². The van der Waals surface area contributed by atoms with Crippen LogP contribution in [0.15, 0.2) is 58.6 Å². The van der Waals surface area contributed by atoms with Crippen molar-refractivity contribution in [3.8, 4) is 0 Å². The van der Waals surface area contributed by atoms with Gasteiger partial charge in [0.25, 0.3) is 0 Å². The molecule has 13 heavy (non-hydrogen) atoms. The highest BCUT2D eigenvalue weighted by Crippen LogP contribution is 2.25. The van der Waals surface area contributed by atoms with Gasteiger partial charge in [-0.25, -0.2) is 0 Å². The summed E-state index contributed by atoms with van der Waals surface area (Å²) in [5.41, 5.74) is 0. The van der Waals surface area contributed by atoms with Crippen LogP contribution in [0.3, 0.4) is 0 Å². The minimum atomic E-state index is 1.12. The minimum Gasteiger partial charge on any atom is -0.263 e. The fourth-order valence-electron chi connectivity index (χ4n) is 0.991. The molecule has 2 aromatic rings. The van der Waals surface area contributed by atoms with Gasteiger partial charge >= 0.3 is 0 Å². The van der Waals surface area contributed by atoms with Gasteiger partial charge in [0.1, 0.15) is 0 Å². The minimum absolute atomic E-state index is 1.12. The summed E-state index contributed by atoms with van der Waals surface area (Å²) in [5, 5.41) is 0. The van der Waals surface area contributed by atoms with Crippen LogP contribution in [0.4, 0.5) is 0 Å². The van der Waals surface area contributed by atoms with Crippen LogP contribution in [0.1, 0.15) is 0 Å². The quantitative estimate of drug-likeness (QED) is 0.715. The van der Waals surface area contributed by atoms with Gasteiger partial charge in [0.2, 0.25) is 0 Å². The molecule has 1 aromatic carbocycles. The average Bonchev–Trinajstić information content (AvgIpc) is 2.21. The van der Waals surface area contributed by atoms with Gasteiger partial charge in [-0.2, -0.15) is 0 Å². The lowest BCUT2D eigenvalue weighted by Crippen LogP contribution is -1.74. The standard InChI is InChI=1S/C11H8NS/c1-2-5-10(6-3-1)13-11-7-4-8-12-9-11/h1-3,5-9H. The van der Waals surface area contributed by atoms with Crippen molar-refractivity contribution in [2.45, 2.75) is 9.79 Å². The molecular formula is C11H8NS. The first-order valence-electron chi connectivity index (χ1n) is 3.99. The number of pyridine rings is 1. The van der Waals surface area contributed by atoms with Crippen molar-refractivity contribution in [3.05, 3.63) is 54.9 Å². The highest BCUT2D eigenvalue weighted by atomic mass is 32.2. The molecule has 2 heteroatoms. The number of aromatic nitrogens is 1. The van der Waals surface area contributed by atoms with E-state index in [4.69, 9.17) is 0 Å². The van der Waals surface area contributed by atoms with Gasteiger partial charge in [-0.15, -0.1) is 0 Å². The molecule has 0 amide bonds. The van der Waals surface area contributed by atoms with E-state index in [1.165, 1.54) is 4.90 Å². The van der Waals surface area contributed by atoms with E-state index in [2.05, 4.69) is 23.2 Å². The number of rotatable bonds is 2. The van der Waals surface area contributed by atoms with Crippen LogP contribution in [0, 0.1) is 6.07 Å². The van der Waals surface area contributed by atoms with Gasteiger partial charge in [-0.3, -0.25) is 4.98 Å². The lowest BCUT2D eigenvalue weighted by molar-refractivity contribution is 1.23. The lowest BCUT2D eigenvalue weighted by atomic mass is 10.4. The molecule has 0 saturated heterocycles. The molecule has 1 aromatic heterocycles. The maximum atomic E-state index is 4.00. The van der Waals surface area contributed by atoms with Gasteiger partial charge < -0.3 is 0 Å². The van der Waals surface area contributed by atoms with Crippen LogP contribution < -0.4 is 0 Å². The fraction of sp³-hybridized carbons (Fsp3) is 0. The van der Waals surface area contributed by atoms with E-state index in [0.717, 1.165) is 4.90 Å². The molecule has 1 nitrogen and oxygen atoms in total. The maximum absolute atomic E-state index is 4.00. The van der Waals surface area contributed by atoms with Gasteiger partial charge in [-0.1, -0.05) is 30.0 Å². The predicted molar refractivity (Wildman–Crippen MR) is 53.6 cm³/mol.